The van der Waals surface area contributed by atoms with Crippen LogP contribution in [0.15, 0.2) is 48.5 Å². The molecule has 0 fully saturated rings. The van der Waals surface area contributed by atoms with Crippen LogP contribution in [0.3, 0.4) is 0 Å². The number of nitrogens with two attached hydrogens (primary N) is 1. The fourth-order valence-electron chi connectivity index (χ4n) is 1.96. The van der Waals surface area contributed by atoms with Crippen molar-refractivity contribution in [3.05, 3.63) is 57.7 Å². The van der Waals surface area contributed by atoms with Crippen LogP contribution in [0, 0.1) is 8.98 Å². The van der Waals surface area contributed by atoms with E-state index >= 15 is 0 Å². The number of hydrogen-bond acceptors (Lipinski definition) is 1. The van der Waals surface area contributed by atoms with E-state index in [0.29, 0.717) is 0 Å². The monoisotopic (exact) mass is 365 g/mol. The van der Waals surface area contributed by atoms with Gasteiger partial charge in [0, 0.05) is 9.26 Å². The van der Waals surface area contributed by atoms with E-state index in [1.807, 2.05) is 36.4 Å². The Morgan fingerprint density at radius 1 is 1.21 bits per heavy atom. The van der Waals surface area contributed by atoms with Crippen LogP contribution in [0.5, 0.6) is 0 Å². The normalized spacial score (nSPS) is 10.2. The third-order valence-corrected chi connectivity index (χ3v) is 3.82. The van der Waals surface area contributed by atoms with E-state index in [1.165, 1.54) is 5.56 Å². The Balaban J connectivity index is 2.52. The minimum Gasteiger partial charge on any atom is -0.369 e. The fourth-order valence-corrected chi connectivity index (χ4v) is 2.59. The average Bonchev–Trinajstić information content (AvgIpc) is 2.41. The van der Waals surface area contributed by atoms with Crippen molar-refractivity contribution < 1.29 is 0 Å². The zero-order valence-electron chi connectivity index (χ0n) is 10.7. The number of halogens is 1. The summed E-state index contributed by atoms with van der Waals surface area (Å²) in [5, 5.41) is 7.85. The van der Waals surface area contributed by atoms with E-state index in [9.17, 15) is 0 Å². The molecule has 19 heavy (non-hydrogen) atoms. The van der Waals surface area contributed by atoms with Crippen molar-refractivity contribution in [1.82, 2.24) is 0 Å². The van der Waals surface area contributed by atoms with Gasteiger partial charge in [0.05, 0.1) is 5.69 Å². The predicted octanol–water partition coefficient (Wildman–Crippen LogP) is 3.89. The van der Waals surface area contributed by atoms with Gasteiger partial charge >= 0.3 is 0 Å². The number of anilines is 2. The van der Waals surface area contributed by atoms with Gasteiger partial charge in [-0.3, -0.25) is 10.3 Å². The van der Waals surface area contributed by atoms with Crippen molar-refractivity contribution >= 4 is 39.9 Å². The Morgan fingerprint density at radius 3 is 2.58 bits per heavy atom. The van der Waals surface area contributed by atoms with Gasteiger partial charge in [-0.1, -0.05) is 31.2 Å². The smallest absolute Gasteiger partial charge is 0.197 e. The van der Waals surface area contributed by atoms with Crippen molar-refractivity contribution in [3.63, 3.8) is 0 Å². The van der Waals surface area contributed by atoms with E-state index in [1.54, 1.807) is 4.90 Å². The molecule has 2 aromatic carbocycles. The summed E-state index contributed by atoms with van der Waals surface area (Å²) in [5.74, 6) is 0.0253. The first-order valence-electron chi connectivity index (χ1n) is 6.11. The van der Waals surface area contributed by atoms with Gasteiger partial charge < -0.3 is 5.73 Å². The second-order valence-corrected chi connectivity index (χ2v) is 5.36. The predicted molar refractivity (Wildman–Crippen MR) is 89.0 cm³/mol. The lowest BCUT2D eigenvalue weighted by Crippen LogP contribution is -2.32. The van der Waals surface area contributed by atoms with Crippen LogP contribution in [0.1, 0.15) is 12.5 Å². The molecule has 2 aromatic rings. The molecule has 2 rings (SSSR count). The third-order valence-electron chi connectivity index (χ3n) is 2.91. The molecule has 0 spiro atoms. The number of rotatable bonds is 3. The Kier molecular flexibility index (Phi) is 4.42. The van der Waals surface area contributed by atoms with Crippen LogP contribution in [0.4, 0.5) is 11.4 Å². The molecular weight excluding hydrogens is 349 g/mol. The zero-order chi connectivity index (χ0) is 13.8. The highest BCUT2D eigenvalue weighted by Gasteiger charge is 2.14. The molecular formula is C15H16IN3. The Morgan fingerprint density at radius 2 is 1.95 bits per heavy atom. The number of aryl methyl sites for hydroxylation is 1. The molecule has 0 amide bonds. The van der Waals surface area contributed by atoms with Gasteiger partial charge in [-0.2, -0.15) is 0 Å². The summed E-state index contributed by atoms with van der Waals surface area (Å²) in [6.45, 7) is 2.11. The Bertz CT molecular complexity index is 595. The van der Waals surface area contributed by atoms with Crippen LogP contribution in [0.25, 0.3) is 0 Å². The van der Waals surface area contributed by atoms with Crippen LogP contribution in [0.2, 0.25) is 0 Å². The number of para-hydroxylation sites is 1. The molecule has 0 radical (unpaired) electrons. The molecule has 3 nitrogen and oxygen atoms in total. The summed E-state index contributed by atoms with van der Waals surface area (Å²) in [4.78, 5) is 1.76. The summed E-state index contributed by atoms with van der Waals surface area (Å²) in [5.41, 5.74) is 8.86. The van der Waals surface area contributed by atoms with Crippen molar-refractivity contribution in [2.45, 2.75) is 13.3 Å². The summed E-state index contributed by atoms with van der Waals surface area (Å²) >= 11 is 2.26. The summed E-state index contributed by atoms with van der Waals surface area (Å²) < 4.78 is 1.07. The van der Waals surface area contributed by atoms with Crippen LogP contribution in [-0.4, -0.2) is 5.96 Å². The van der Waals surface area contributed by atoms with E-state index in [4.69, 9.17) is 11.1 Å². The van der Waals surface area contributed by atoms with Crippen molar-refractivity contribution in [3.8, 4) is 0 Å². The molecule has 0 bridgehead atoms. The van der Waals surface area contributed by atoms with Gasteiger partial charge in [0.2, 0.25) is 0 Å². The molecule has 0 aliphatic heterocycles. The van der Waals surface area contributed by atoms with E-state index in [0.717, 1.165) is 21.4 Å². The highest BCUT2D eigenvalue weighted by atomic mass is 127. The van der Waals surface area contributed by atoms with Crippen LogP contribution in [-0.2, 0) is 6.42 Å². The number of nitrogens with one attached hydrogen (secondary N) is 1. The molecule has 98 valence electrons. The fraction of sp³-hybridized carbons (Fsp3) is 0.133. The third kappa shape index (κ3) is 3.07. The van der Waals surface area contributed by atoms with Crippen molar-refractivity contribution in [2.75, 3.05) is 4.90 Å². The molecule has 3 N–H and O–H groups in total. The Labute approximate surface area is 127 Å². The van der Waals surface area contributed by atoms with Gasteiger partial charge in [0.15, 0.2) is 5.96 Å². The van der Waals surface area contributed by atoms with Gasteiger partial charge in [-0.15, -0.1) is 0 Å². The Hall–Kier alpha value is -1.56. The second kappa shape index (κ2) is 6.06. The summed E-state index contributed by atoms with van der Waals surface area (Å²) in [6.07, 6.45) is 0.964. The number of guanidine groups is 1. The van der Waals surface area contributed by atoms with E-state index in [-0.39, 0.29) is 5.96 Å². The molecule has 0 saturated carbocycles. The van der Waals surface area contributed by atoms with Gasteiger partial charge in [-0.25, -0.2) is 0 Å². The van der Waals surface area contributed by atoms with E-state index in [2.05, 4.69) is 41.6 Å². The van der Waals surface area contributed by atoms with Gasteiger partial charge in [0.25, 0.3) is 0 Å². The quantitative estimate of drug-likeness (QED) is 0.493. The lowest BCUT2D eigenvalue weighted by atomic mass is 10.1. The minimum absolute atomic E-state index is 0.0253. The first-order valence-corrected chi connectivity index (χ1v) is 7.19. The summed E-state index contributed by atoms with van der Waals surface area (Å²) in [6, 6.07) is 16.0. The molecule has 0 heterocycles. The molecule has 0 unspecified atom stereocenters. The first-order chi connectivity index (χ1) is 9.13. The molecule has 0 aromatic heterocycles. The van der Waals surface area contributed by atoms with Crippen LogP contribution >= 0.6 is 22.6 Å². The topological polar surface area (TPSA) is 53.1 Å². The van der Waals surface area contributed by atoms with Crippen molar-refractivity contribution in [2.24, 2.45) is 5.73 Å². The number of nitrogens with zero attached hydrogens (tertiary/aromatic N) is 1. The first kappa shape index (κ1) is 13.9. The highest BCUT2D eigenvalue weighted by Crippen LogP contribution is 2.29. The second-order valence-electron chi connectivity index (χ2n) is 4.20. The van der Waals surface area contributed by atoms with Gasteiger partial charge in [-0.05, 0) is 58.8 Å². The maximum absolute atomic E-state index is 7.85. The zero-order valence-corrected chi connectivity index (χ0v) is 12.9. The maximum atomic E-state index is 7.85. The standard InChI is InChI=1S/C15H16IN3/c1-2-11-6-5-7-12(10-11)19(15(17)18)14-9-4-3-8-13(14)16/h3-10H,2H2,1H3,(H3,17,18). The highest BCUT2D eigenvalue weighted by molar-refractivity contribution is 14.1. The molecule has 4 heteroatoms. The van der Waals surface area contributed by atoms with Gasteiger partial charge in [0.1, 0.15) is 0 Å². The molecule has 0 aliphatic rings. The molecule has 0 atom stereocenters. The van der Waals surface area contributed by atoms with E-state index < -0.39 is 0 Å². The van der Waals surface area contributed by atoms with Crippen molar-refractivity contribution in [1.29, 1.82) is 5.41 Å². The number of hydrogen-bond donors (Lipinski definition) is 2. The molecule has 0 aliphatic carbocycles. The molecule has 0 saturated heterocycles. The minimum atomic E-state index is 0.0253. The largest absolute Gasteiger partial charge is 0.369 e. The van der Waals surface area contributed by atoms with Crippen LogP contribution < -0.4 is 10.6 Å². The maximum Gasteiger partial charge on any atom is 0.197 e. The average molecular weight is 365 g/mol. The SMILES string of the molecule is CCc1cccc(N(C(=N)N)c2ccccc2I)c1. The lowest BCUT2D eigenvalue weighted by molar-refractivity contribution is 1.13. The number of benzene rings is 2. The summed E-state index contributed by atoms with van der Waals surface area (Å²) in [7, 11) is 0. The lowest BCUT2D eigenvalue weighted by Gasteiger charge is -2.24.